The van der Waals surface area contributed by atoms with Gasteiger partial charge in [0.05, 0.1) is 5.69 Å². The van der Waals surface area contributed by atoms with Crippen LogP contribution in [-0.2, 0) is 16.1 Å². The molecule has 0 radical (unpaired) electrons. The van der Waals surface area contributed by atoms with Crippen LogP contribution in [0.4, 0.5) is 0 Å². The molecule has 0 bridgehead atoms. The number of nitrogens with zero attached hydrogens (tertiary/aromatic N) is 2. The average Bonchev–Trinajstić information content (AvgIpc) is 2.99. The fourth-order valence-corrected chi connectivity index (χ4v) is 3.60. The summed E-state index contributed by atoms with van der Waals surface area (Å²) in [5.74, 6) is -0.485. The first-order valence-electron chi connectivity index (χ1n) is 7.71. The monoisotopic (exact) mass is 366 g/mol. The van der Waals surface area contributed by atoms with Crippen LogP contribution in [0.15, 0.2) is 35.1 Å². The van der Waals surface area contributed by atoms with Crippen LogP contribution < -0.4 is 5.56 Å². The molecule has 0 spiro atoms. The summed E-state index contributed by atoms with van der Waals surface area (Å²) in [6.45, 7) is 2.13. The summed E-state index contributed by atoms with van der Waals surface area (Å²) in [5.41, 5.74) is 0.943. The molecule has 0 fully saturated rings. The van der Waals surface area contributed by atoms with E-state index in [2.05, 4.69) is 4.98 Å². The quantitative estimate of drug-likeness (QED) is 0.773. The molecule has 1 aromatic carbocycles. The number of hydrogen-bond donors (Lipinski definition) is 0. The molecule has 0 aliphatic carbocycles. The third-order valence-corrected chi connectivity index (χ3v) is 4.78. The second kappa shape index (κ2) is 6.95. The van der Waals surface area contributed by atoms with Gasteiger partial charge in [-0.2, -0.15) is 0 Å². The van der Waals surface area contributed by atoms with Crippen LogP contribution in [-0.4, -0.2) is 15.5 Å². The van der Waals surface area contributed by atoms with Crippen LogP contribution in [0.25, 0.3) is 0 Å². The number of carbonyl (C=O) groups excluding carboxylic acids is 1. The topological polar surface area (TPSA) is 61.2 Å². The molecular formula is C17H16Cl2N2O3. The fraction of sp³-hybridized carbons (Fsp3) is 0.353. The van der Waals surface area contributed by atoms with E-state index >= 15 is 0 Å². The van der Waals surface area contributed by atoms with Gasteiger partial charge in [0.25, 0.3) is 5.56 Å². The van der Waals surface area contributed by atoms with Crippen molar-refractivity contribution >= 4 is 29.2 Å². The second-order valence-corrected chi connectivity index (χ2v) is 6.42. The number of aromatic nitrogens is 2. The molecule has 1 aromatic heterocycles. The summed E-state index contributed by atoms with van der Waals surface area (Å²) in [6, 6.07) is 8.65. The maximum absolute atomic E-state index is 12.5. The molecule has 0 unspecified atom stereocenters. The average molecular weight is 367 g/mol. The van der Waals surface area contributed by atoms with Gasteiger partial charge in [-0.1, -0.05) is 60.5 Å². The second-order valence-electron chi connectivity index (χ2n) is 5.70. The first-order valence-corrected chi connectivity index (χ1v) is 8.46. The molecule has 2 heterocycles. The summed E-state index contributed by atoms with van der Waals surface area (Å²) < 4.78 is 6.74. The van der Waals surface area contributed by atoms with Gasteiger partial charge in [-0.3, -0.25) is 9.36 Å². The smallest absolute Gasteiger partial charge is 0.329 e. The van der Waals surface area contributed by atoms with E-state index < -0.39 is 17.6 Å². The lowest BCUT2D eigenvalue weighted by atomic mass is 9.99. The summed E-state index contributed by atoms with van der Waals surface area (Å²) in [4.78, 5) is 28.8. The maximum Gasteiger partial charge on any atom is 0.329 e. The Kier molecular flexibility index (Phi) is 4.92. The largest absolute Gasteiger partial charge is 0.459 e. The lowest BCUT2D eigenvalue weighted by molar-refractivity contribution is -0.149. The molecule has 0 amide bonds. The van der Waals surface area contributed by atoms with Crippen molar-refractivity contribution in [3.63, 3.8) is 0 Å². The minimum atomic E-state index is -0.723. The Bertz CT molecular complexity index is 821. The van der Waals surface area contributed by atoms with Crippen molar-refractivity contribution in [2.45, 2.75) is 38.3 Å². The van der Waals surface area contributed by atoms with Gasteiger partial charge >= 0.3 is 5.97 Å². The summed E-state index contributed by atoms with van der Waals surface area (Å²) in [7, 11) is 0. The molecule has 5 nitrogen and oxygen atoms in total. The van der Waals surface area contributed by atoms with Gasteiger partial charge in [0.2, 0.25) is 0 Å². The molecule has 0 saturated heterocycles. The van der Waals surface area contributed by atoms with E-state index in [1.54, 1.807) is 0 Å². The first-order chi connectivity index (χ1) is 11.5. The van der Waals surface area contributed by atoms with Crippen molar-refractivity contribution in [3.05, 3.63) is 62.2 Å². The normalized spacial score (nSPS) is 19.1. The Labute approximate surface area is 149 Å². The number of fused-ring (bicyclic) bond motifs is 1. The predicted octanol–water partition coefficient (Wildman–Crippen LogP) is 3.73. The van der Waals surface area contributed by atoms with Gasteiger partial charge < -0.3 is 4.74 Å². The molecule has 1 aliphatic heterocycles. The highest BCUT2D eigenvalue weighted by Crippen LogP contribution is 2.40. The van der Waals surface area contributed by atoms with Crippen molar-refractivity contribution < 1.29 is 9.53 Å². The van der Waals surface area contributed by atoms with Crippen molar-refractivity contribution in [1.29, 1.82) is 0 Å². The third kappa shape index (κ3) is 3.06. The van der Waals surface area contributed by atoms with Gasteiger partial charge in [0.1, 0.15) is 12.6 Å². The molecule has 2 aromatic rings. The highest BCUT2D eigenvalue weighted by Gasteiger charge is 2.39. The van der Waals surface area contributed by atoms with Crippen molar-refractivity contribution in [2.24, 2.45) is 0 Å². The van der Waals surface area contributed by atoms with Crippen LogP contribution in [0.2, 0.25) is 10.3 Å². The maximum atomic E-state index is 12.5. The number of halogens is 2. The molecule has 2 atom stereocenters. The van der Waals surface area contributed by atoms with Crippen molar-refractivity contribution in [1.82, 2.24) is 9.55 Å². The van der Waals surface area contributed by atoms with Crippen LogP contribution >= 0.6 is 23.2 Å². The molecule has 1 aliphatic rings. The number of hydrogen-bond acceptors (Lipinski definition) is 4. The molecule has 0 N–H and O–H groups in total. The molecular weight excluding hydrogens is 351 g/mol. The van der Waals surface area contributed by atoms with Gasteiger partial charge in [0, 0.05) is 5.92 Å². The van der Waals surface area contributed by atoms with E-state index in [0.29, 0.717) is 12.1 Å². The number of rotatable bonds is 4. The third-order valence-electron chi connectivity index (χ3n) is 4.26. The molecule has 0 saturated carbocycles. The standard InChI is InChI=1S/C17H16Cl2N2O3/c1-2-11-8-12(17(23)24-9-10-6-4-3-5-7-10)21-13(11)14(18)20-15(19)16(21)22/h3-7,11-12H,2,8-9H2,1H3/t11-,12-/m0/s1. The van der Waals surface area contributed by atoms with Crippen LogP contribution in [0.5, 0.6) is 0 Å². The van der Waals surface area contributed by atoms with Gasteiger partial charge in [-0.15, -0.1) is 0 Å². The Morgan fingerprint density at radius 3 is 2.67 bits per heavy atom. The van der Waals surface area contributed by atoms with Gasteiger partial charge in [-0.25, -0.2) is 9.78 Å². The number of carbonyl (C=O) groups is 1. The molecule has 24 heavy (non-hydrogen) atoms. The summed E-state index contributed by atoms with van der Waals surface area (Å²) in [5, 5.41) is -0.0637. The number of ether oxygens (including phenoxy) is 1. The zero-order valence-electron chi connectivity index (χ0n) is 13.0. The molecule has 7 heteroatoms. The Balaban J connectivity index is 1.88. The molecule has 3 rings (SSSR count). The van der Waals surface area contributed by atoms with E-state index in [1.165, 1.54) is 4.57 Å². The number of benzene rings is 1. The van der Waals surface area contributed by atoms with E-state index in [9.17, 15) is 9.59 Å². The minimum Gasteiger partial charge on any atom is -0.459 e. The van der Waals surface area contributed by atoms with Crippen LogP contribution in [0.1, 0.15) is 43.0 Å². The van der Waals surface area contributed by atoms with E-state index in [1.807, 2.05) is 37.3 Å². The SMILES string of the molecule is CC[C@H]1C[C@@H](C(=O)OCc2ccccc2)n2c1c(Cl)nc(Cl)c2=O. The van der Waals surface area contributed by atoms with E-state index in [4.69, 9.17) is 27.9 Å². The number of esters is 1. The lowest BCUT2D eigenvalue weighted by Gasteiger charge is -2.14. The Morgan fingerprint density at radius 2 is 2.00 bits per heavy atom. The van der Waals surface area contributed by atoms with Crippen molar-refractivity contribution in [3.8, 4) is 0 Å². The van der Waals surface area contributed by atoms with Gasteiger partial charge in [0.15, 0.2) is 10.3 Å². The first kappa shape index (κ1) is 17.0. The highest BCUT2D eigenvalue weighted by atomic mass is 35.5. The zero-order chi connectivity index (χ0) is 17.3. The van der Waals surface area contributed by atoms with Crippen molar-refractivity contribution in [2.75, 3.05) is 0 Å². The van der Waals surface area contributed by atoms with E-state index in [-0.39, 0.29) is 22.8 Å². The summed E-state index contributed by atoms with van der Waals surface area (Å²) in [6.07, 6.45) is 1.20. The van der Waals surface area contributed by atoms with Gasteiger partial charge in [-0.05, 0) is 18.4 Å². The van der Waals surface area contributed by atoms with E-state index in [0.717, 1.165) is 12.0 Å². The predicted molar refractivity (Wildman–Crippen MR) is 91.4 cm³/mol. The Hall–Kier alpha value is -1.85. The Morgan fingerprint density at radius 1 is 1.29 bits per heavy atom. The summed E-state index contributed by atoms with van der Waals surface area (Å²) >= 11 is 12.0. The fourth-order valence-electron chi connectivity index (χ4n) is 3.05. The van der Waals surface area contributed by atoms with Crippen LogP contribution in [0, 0.1) is 0 Å². The highest BCUT2D eigenvalue weighted by molar-refractivity contribution is 6.32. The molecule has 126 valence electrons. The zero-order valence-corrected chi connectivity index (χ0v) is 14.5. The van der Waals surface area contributed by atoms with Crippen LogP contribution in [0.3, 0.4) is 0 Å². The lowest BCUT2D eigenvalue weighted by Crippen LogP contribution is -2.30. The minimum absolute atomic E-state index is 0.0239.